The Morgan fingerprint density at radius 1 is 1.03 bits per heavy atom. The Hall–Kier alpha value is -3.25. The second kappa shape index (κ2) is 9.98. The molecule has 6 nitrogen and oxygen atoms in total. The van der Waals surface area contributed by atoms with Crippen LogP contribution in [0.3, 0.4) is 0 Å². The molecule has 1 heterocycles. The first-order valence-corrected chi connectivity index (χ1v) is 9.82. The van der Waals surface area contributed by atoms with Gasteiger partial charge in [-0.1, -0.05) is 29.8 Å². The monoisotopic (exact) mass is 426 g/mol. The summed E-state index contributed by atoms with van der Waals surface area (Å²) in [6.07, 6.45) is 2.37. The second-order valence-electron chi connectivity index (χ2n) is 6.70. The molecule has 0 atom stereocenters. The van der Waals surface area contributed by atoms with Crippen LogP contribution in [0.25, 0.3) is 0 Å². The van der Waals surface area contributed by atoms with Gasteiger partial charge in [0.25, 0.3) is 5.56 Å². The van der Waals surface area contributed by atoms with Crippen molar-refractivity contribution < 1.29 is 14.3 Å². The molecule has 0 aliphatic heterocycles. The maximum atomic E-state index is 12.5. The average Bonchev–Trinajstić information content (AvgIpc) is 2.76. The third-order valence-corrected chi connectivity index (χ3v) is 5.04. The molecule has 30 heavy (non-hydrogen) atoms. The number of pyridine rings is 1. The summed E-state index contributed by atoms with van der Waals surface area (Å²) in [5.41, 5.74) is 2.09. The molecule has 1 N–H and O–H groups in total. The van der Waals surface area contributed by atoms with E-state index in [1.165, 1.54) is 10.6 Å². The number of rotatable bonds is 8. The summed E-state index contributed by atoms with van der Waals surface area (Å²) >= 11 is 6.19. The molecule has 3 aromatic rings. The van der Waals surface area contributed by atoms with Gasteiger partial charge >= 0.3 is 0 Å². The van der Waals surface area contributed by atoms with Gasteiger partial charge in [-0.15, -0.1) is 0 Å². The summed E-state index contributed by atoms with van der Waals surface area (Å²) in [5, 5.41) is 3.43. The van der Waals surface area contributed by atoms with Crippen molar-refractivity contribution in [3.05, 3.63) is 87.3 Å². The summed E-state index contributed by atoms with van der Waals surface area (Å²) in [5.74, 6) is 1.25. The molecule has 1 amide bonds. The summed E-state index contributed by atoms with van der Waals surface area (Å²) in [7, 11) is 3.18. The van der Waals surface area contributed by atoms with Crippen LogP contribution in [0.4, 0.5) is 5.69 Å². The van der Waals surface area contributed by atoms with Crippen molar-refractivity contribution in [1.29, 1.82) is 0 Å². The van der Waals surface area contributed by atoms with E-state index in [1.807, 2.05) is 36.4 Å². The Kier molecular flexibility index (Phi) is 7.14. The highest BCUT2D eigenvalue weighted by molar-refractivity contribution is 6.31. The van der Waals surface area contributed by atoms with Gasteiger partial charge in [0.15, 0.2) is 0 Å². The molecule has 1 aromatic heterocycles. The van der Waals surface area contributed by atoms with E-state index in [-0.39, 0.29) is 17.9 Å². The van der Waals surface area contributed by atoms with Crippen LogP contribution < -0.4 is 20.3 Å². The Bertz CT molecular complexity index is 1090. The Balaban J connectivity index is 1.67. The average molecular weight is 427 g/mol. The van der Waals surface area contributed by atoms with Crippen molar-refractivity contribution >= 4 is 23.2 Å². The second-order valence-corrected chi connectivity index (χ2v) is 7.11. The number of methoxy groups -OCH3 is 2. The lowest BCUT2D eigenvalue weighted by molar-refractivity contribution is -0.116. The Morgan fingerprint density at radius 3 is 2.57 bits per heavy atom. The lowest BCUT2D eigenvalue weighted by Crippen LogP contribution is -2.21. The van der Waals surface area contributed by atoms with Gasteiger partial charge in [0.2, 0.25) is 5.91 Å². The zero-order valence-corrected chi connectivity index (χ0v) is 17.6. The molecule has 7 heteroatoms. The minimum Gasteiger partial charge on any atom is -0.497 e. The van der Waals surface area contributed by atoms with Crippen molar-refractivity contribution in [2.75, 3.05) is 19.5 Å². The molecule has 2 aromatic carbocycles. The number of amides is 1. The number of aryl methyl sites for hydroxylation is 1. The van der Waals surface area contributed by atoms with Crippen molar-refractivity contribution in [3.8, 4) is 11.5 Å². The molecule has 0 fully saturated rings. The molecule has 0 saturated carbocycles. The maximum Gasteiger partial charge on any atom is 0.250 e. The van der Waals surface area contributed by atoms with Crippen LogP contribution in [0.1, 0.15) is 17.5 Å². The zero-order chi connectivity index (χ0) is 21.5. The minimum absolute atomic E-state index is 0.164. The Morgan fingerprint density at radius 2 is 1.83 bits per heavy atom. The molecule has 156 valence electrons. The highest BCUT2D eigenvalue weighted by atomic mass is 35.5. The summed E-state index contributed by atoms with van der Waals surface area (Å²) in [6, 6.07) is 15.8. The number of benzene rings is 2. The van der Waals surface area contributed by atoms with Crippen LogP contribution in [0, 0.1) is 0 Å². The molecule has 0 aliphatic carbocycles. The first-order valence-electron chi connectivity index (χ1n) is 9.45. The highest BCUT2D eigenvalue weighted by Gasteiger charge is 2.10. The topological polar surface area (TPSA) is 69.6 Å². The van der Waals surface area contributed by atoms with E-state index in [4.69, 9.17) is 21.1 Å². The lowest BCUT2D eigenvalue weighted by Gasteiger charge is -2.12. The van der Waals surface area contributed by atoms with Crippen LogP contribution in [-0.4, -0.2) is 24.7 Å². The fourth-order valence-corrected chi connectivity index (χ4v) is 3.28. The molecule has 3 rings (SSSR count). The van der Waals surface area contributed by atoms with E-state index in [0.29, 0.717) is 35.2 Å². The Labute approximate surface area is 180 Å². The highest BCUT2D eigenvalue weighted by Crippen LogP contribution is 2.25. The predicted octanol–water partition coefficient (Wildman–Crippen LogP) is 4.14. The van der Waals surface area contributed by atoms with E-state index in [0.717, 1.165) is 11.1 Å². The van der Waals surface area contributed by atoms with Gasteiger partial charge in [-0.25, -0.2) is 0 Å². The molecule has 0 spiro atoms. The number of ether oxygens (including phenoxy) is 2. The first-order chi connectivity index (χ1) is 14.5. The number of hydrogen-bond acceptors (Lipinski definition) is 4. The molecule has 0 radical (unpaired) electrons. The standard InChI is InChI=1S/C23H23ClN2O4/c1-29-19-9-10-21(30-2)16(13-19)7-11-22(27)25-18-8-12-23(28)26(15-18)14-17-5-3-4-6-20(17)24/h3-6,8-10,12-13,15H,7,11,14H2,1-2H3,(H,25,27). The van der Waals surface area contributed by atoms with Crippen LogP contribution in [-0.2, 0) is 17.8 Å². The van der Waals surface area contributed by atoms with Gasteiger partial charge in [0.05, 0.1) is 26.5 Å². The number of carbonyl (C=O) groups excluding carboxylic acids is 1. The number of hydrogen-bond donors (Lipinski definition) is 1. The number of aromatic nitrogens is 1. The number of nitrogens with one attached hydrogen (secondary N) is 1. The fourth-order valence-electron chi connectivity index (χ4n) is 3.09. The quantitative estimate of drug-likeness (QED) is 0.587. The predicted molar refractivity (Wildman–Crippen MR) is 118 cm³/mol. The van der Waals surface area contributed by atoms with Gasteiger partial charge < -0.3 is 19.4 Å². The van der Waals surface area contributed by atoms with E-state index in [1.54, 1.807) is 32.5 Å². The van der Waals surface area contributed by atoms with E-state index in [9.17, 15) is 9.59 Å². The SMILES string of the molecule is COc1ccc(OC)c(CCC(=O)Nc2ccc(=O)n(Cc3ccccc3Cl)c2)c1. The molecule has 0 bridgehead atoms. The molecule has 0 aliphatic rings. The normalized spacial score (nSPS) is 10.5. The lowest BCUT2D eigenvalue weighted by atomic mass is 10.1. The third-order valence-electron chi connectivity index (χ3n) is 4.67. The van der Waals surface area contributed by atoms with Gasteiger partial charge in [0, 0.05) is 23.7 Å². The van der Waals surface area contributed by atoms with Crippen molar-refractivity contribution in [1.82, 2.24) is 4.57 Å². The number of anilines is 1. The van der Waals surface area contributed by atoms with Crippen LogP contribution >= 0.6 is 11.6 Å². The van der Waals surface area contributed by atoms with Gasteiger partial charge in [-0.2, -0.15) is 0 Å². The van der Waals surface area contributed by atoms with Crippen LogP contribution in [0.5, 0.6) is 11.5 Å². The molecular weight excluding hydrogens is 404 g/mol. The van der Waals surface area contributed by atoms with Crippen molar-refractivity contribution in [2.24, 2.45) is 0 Å². The smallest absolute Gasteiger partial charge is 0.250 e. The summed E-state index contributed by atoms with van der Waals surface area (Å²) in [6.45, 7) is 0.323. The van der Waals surface area contributed by atoms with Gasteiger partial charge in [-0.05, 0) is 47.9 Å². The van der Waals surface area contributed by atoms with E-state index < -0.39 is 0 Å². The third kappa shape index (κ3) is 5.42. The number of halogens is 1. The number of carbonyl (C=O) groups is 1. The molecular formula is C23H23ClN2O4. The minimum atomic E-state index is -0.172. The van der Waals surface area contributed by atoms with Gasteiger partial charge in [-0.3, -0.25) is 9.59 Å². The van der Waals surface area contributed by atoms with Crippen LogP contribution in [0.2, 0.25) is 5.02 Å². The summed E-state index contributed by atoms with van der Waals surface area (Å²) in [4.78, 5) is 24.7. The van der Waals surface area contributed by atoms with Crippen molar-refractivity contribution in [2.45, 2.75) is 19.4 Å². The van der Waals surface area contributed by atoms with Gasteiger partial charge in [0.1, 0.15) is 11.5 Å². The molecule has 0 unspecified atom stereocenters. The number of nitrogens with zero attached hydrogens (tertiary/aromatic N) is 1. The van der Waals surface area contributed by atoms with E-state index in [2.05, 4.69) is 5.32 Å². The molecule has 0 saturated heterocycles. The van der Waals surface area contributed by atoms with Crippen LogP contribution in [0.15, 0.2) is 65.6 Å². The largest absolute Gasteiger partial charge is 0.497 e. The first kappa shape index (κ1) is 21.5. The van der Waals surface area contributed by atoms with Crippen molar-refractivity contribution in [3.63, 3.8) is 0 Å². The van der Waals surface area contributed by atoms with E-state index >= 15 is 0 Å². The summed E-state index contributed by atoms with van der Waals surface area (Å²) < 4.78 is 12.1. The fraction of sp³-hybridized carbons (Fsp3) is 0.217. The zero-order valence-electron chi connectivity index (χ0n) is 16.9. The maximum absolute atomic E-state index is 12.5.